The average Bonchev–Trinajstić information content (AvgIpc) is 3.17. The van der Waals surface area contributed by atoms with Gasteiger partial charge in [0.2, 0.25) is 0 Å². The van der Waals surface area contributed by atoms with Crippen LogP contribution < -0.4 is 5.32 Å². The second kappa shape index (κ2) is 9.37. The van der Waals surface area contributed by atoms with E-state index in [0.29, 0.717) is 11.8 Å². The van der Waals surface area contributed by atoms with Crippen molar-refractivity contribution < 1.29 is 9.53 Å². The molecule has 0 radical (unpaired) electrons. The summed E-state index contributed by atoms with van der Waals surface area (Å²) in [7, 11) is 0. The van der Waals surface area contributed by atoms with E-state index in [1.807, 2.05) is 0 Å². The van der Waals surface area contributed by atoms with Crippen LogP contribution in [0.1, 0.15) is 82.0 Å². The van der Waals surface area contributed by atoms with E-state index in [2.05, 4.69) is 80.4 Å². The van der Waals surface area contributed by atoms with Gasteiger partial charge in [-0.2, -0.15) is 0 Å². The van der Waals surface area contributed by atoms with E-state index in [1.165, 1.54) is 27.8 Å². The summed E-state index contributed by atoms with van der Waals surface area (Å²) in [6, 6.07) is 15.7. The van der Waals surface area contributed by atoms with Crippen molar-refractivity contribution in [3.63, 3.8) is 0 Å². The molecule has 1 N–H and O–H groups in total. The predicted molar refractivity (Wildman–Crippen MR) is 138 cm³/mol. The van der Waals surface area contributed by atoms with Gasteiger partial charge in [0, 0.05) is 6.54 Å². The van der Waals surface area contributed by atoms with Gasteiger partial charge in [-0.25, -0.2) is 4.79 Å². The van der Waals surface area contributed by atoms with Crippen molar-refractivity contribution in [2.24, 2.45) is 11.3 Å². The van der Waals surface area contributed by atoms with Crippen LogP contribution in [0.2, 0.25) is 0 Å². The summed E-state index contributed by atoms with van der Waals surface area (Å²) in [5.41, 5.74) is 6.56. The largest absolute Gasteiger partial charge is 0.445 e. The SMILES string of the molecule is CCC1(CC)Cc2cc(-c3cccc(C(C)C)c3)ccc2C1NC(=O)O[C@@H]1CN2CCC1CC2. The highest BCUT2D eigenvalue weighted by Crippen LogP contribution is 2.51. The highest BCUT2D eigenvalue weighted by Gasteiger charge is 2.45. The number of nitrogens with one attached hydrogen (secondary N) is 1. The van der Waals surface area contributed by atoms with Crippen LogP contribution in [0.4, 0.5) is 4.79 Å². The lowest BCUT2D eigenvalue weighted by atomic mass is 9.76. The van der Waals surface area contributed by atoms with Crippen LogP contribution in [0.15, 0.2) is 42.5 Å². The summed E-state index contributed by atoms with van der Waals surface area (Å²) < 4.78 is 6.02. The molecule has 2 bridgehead atoms. The molecule has 2 aromatic rings. The first-order valence-electron chi connectivity index (χ1n) is 13.3. The molecule has 1 amide bonds. The van der Waals surface area contributed by atoms with Crippen molar-refractivity contribution in [1.82, 2.24) is 10.2 Å². The lowest BCUT2D eigenvalue weighted by Crippen LogP contribution is -2.53. The highest BCUT2D eigenvalue weighted by molar-refractivity contribution is 5.70. The fraction of sp³-hybridized carbons (Fsp3) is 0.567. The molecule has 3 heterocycles. The van der Waals surface area contributed by atoms with E-state index in [4.69, 9.17) is 4.74 Å². The Morgan fingerprint density at radius 1 is 1.09 bits per heavy atom. The Hall–Kier alpha value is -2.33. The Balaban J connectivity index is 1.38. The number of alkyl carbamates (subject to hydrolysis) is 1. The molecular weight excluding hydrogens is 420 g/mol. The first-order valence-corrected chi connectivity index (χ1v) is 13.3. The second-order valence-electron chi connectivity index (χ2n) is 11.1. The first-order chi connectivity index (χ1) is 16.4. The first kappa shape index (κ1) is 23.4. The molecule has 0 aromatic heterocycles. The summed E-state index contributed by atoms with van der Waals surface area (Å²) in [5.74, 6) is 1.04. The molecule has 4 nitrogen and oxygen atoms in total. The summed E-state index contributed by atoms with van der Waals surface area (Å²) in [6.45, 7) is 12.2. The Bertz CT molecular complexity index is 1030. The molecular formula is C30H40N2O2. The average molecular weight is 461 g/mol. The standard InChI is InChI=1S/C30H40N2O2/c1-5-30(6-2)18-25-17-24(23-9-7-8-22(16-23)20(3)4)10-11-26(25)28(30)31-29(33)34-27-19-32-14-12-21(27)13-15-32/h7-11,16-17,20-21,27-28H,5-6,12-15,18-19H2,1-4H3,(H,31,33)/t27-,28?/m1/s1. The molecule has 0 saturated carbocycles. The van der Waals surface area contributed by atoms with Crippen LogP contribution in [0.5, 0.6) is 0 Å². The molecule has 4 aliphatic rings. The Morgan fingerprint density at radius 3 is 2.47 bits per heavy atom. The normalized spacial score (nSPS) is 27.0. The topological polar surface area (TPSA) is 41.6 Å². The molecule has 182 valence electrons. The maximum Gasteiger partial charge on any atom is 0.407 e. The van der Waals surface area contributed by atoms with Crippen LogP contribution in [0.25, 0.3) is 11.1 Å². The van der Waals surface area contributed by atoms with Crippen LogP contribution in [0, 0.1) is 11.3 Å². The number of hydrogen-bond acceptors (Lipinski definition) is 3. The maximum absolute atomic E-state index is 13.1. The Morgan fingerprint density at radius 2 is 1.82 bits per heavy atom. The number of rotatable bonds is 6. The molecule has 34 heavy (non-hydrogen) atoms. The number of ether oxygens (including phenoxy) is 1. The minimum Gasteiger partial charge on any atom is -0.445 e. The van der Waals surface area contributed by atoms with E-state index in [0.717, 1.165) is 51.7 Å². The van der Waals surface area contributed by atoms with Crippen molar-refractivity contribution in [2.75, 3.05) is 19.6 Å². The minimum absolute atomic E-state index is 0.00197. The molecule has 3 saturated heterocycles. The highest BCUT2D eigenvalue weighted by atomic mass is 16.6. The summed E-state index contributed by atoms with van der Waals surface area (Å²) in [4.78, 5) is 15.5. The number of carbonyl (C=O) groups excluding carboxylic acids is 1. The van der Waals surface area contributed by atoms with Crippen molar-refractivity contribution in [2.45, 2.75) is 77.9 Å². The van der Waals surface area contributed by atoms with Crippen LogP contribution in [0.3, 0.4) is 0 Å². The Labute approximate surface area is 205 Å². The number of carbonyl (C=O) groups is 1. The van der Waals surface area contributed by atoms with E-state index in [9.17, 15) is 4.79 Å². The van der Waals surface area contributed by atoms with Crippen molar-refractivity contribution >= 4 is 6.09 Å². The van der Waals surface area contributed by atoms with Gasteiger partial charge < -0.3 is 10.1 Å². The van der Waals surface area contributed by atoms with Gasteiger partial charge in [-0.1, -0.05) is 70.2 Å². The molecule has 3 aliphatic heterocycles. The zero-order chi connectivity index (χ0) is 23.9. The molecule has 0 spiro atoms. The van der Waals surface area contributed by atoms with Gasteiger partial charge in [0.05, 0.1) is 6.04 Å². The van der Waals surface area contributed by atoms with E-state index in [-0.39, 0.29) is 23.7 Å². The number of amides is 1. The molecule has 6 rings (SSSR count). The van der Waals surface area contributed by atoms with Gasteiger partial charge in [0.1, 0.15) is 6.10 Å². The molecule has 3 fully saturated rings. The van der Waals surface area contributed by atoms with Crippen LogP contribution in [-0.2, 0) is 11.2 Å². The fourth-order valence-electron chi connectivity index (χ4n) is 6.58. The summed E-state index contributed by atoms with van der Waals surface area (Å²) in [5, 5.41) is 3.34. The molecule has 2 aromatic carbocycles. The van der Waals surface area contributed by atoms with Crippen molar-refractivity contribution in [3.05, 3.63) is 59.2 Å². The minimum atomic E-state index is -0.239. The number of nitrogens with zero attached hydrogens (tertiary/aromatic N) is 1. The third-order valence-corrected chi connectivity index (χ3v) is 9.02. The predicted octanol–water partition coefficient (Wildman–Crippen LogP) is 6.70. The van der Waals surface area contributed by atoms with Gasteiger partial charge in [0.15, 0.2) is 0 Å². The van der Waals surface area contributed by atoms with Crippen molar-refractivity contribution in [3.8, 4) is 11.1 Å². The lowest BCUT2D eigenvalue weighted by molar-refractivity contribution is -0.0353. The molecule has 4 heteroatoms. The van der Waals surface area contributed by atoms with E-state index < -0.39 is 0 Å². The third kappa shape index (κ3) is 4.26. The van der Waals surface area contributed by atoms with Crippen LogP contribution >= 0.6 is 0 Å². The van der Waals surface area contributed by atoms with Gasteiger partial charge >= 0.3 is 6.09 Å². The fourth-order valence-corrected chi connectivity index (χ4v) is 6.58. The number of benzene rings is 2. The zero-order valence-electron chi connectivity index (χ0n) is 21.3. The monoisotopic (exact) mass is 460 g/mol. The number of piperidine rings is 3. The maximum atomic E-state index is 13.1. The second-order valence-corrected chi connectivity index (χ2v) is 11.1. The lowest BCUT2D eigenvalue weighted by Gasteiger charge is -2.44. The van der Waals surface area contributed by atoms with E-state index in [1.54, 1.807) is 0 Å². The zero-order valence-corrected chi connectivity index (χ0v) is 21.3. The van der Waals surface area contributed by atoms with Gasteiger partial charge in [0.25, 0.3) is 0 Å². The van der Waals surface area contributed by atoms with Crippen molar-refractivity contribution in [1.29, 1.82) is 0 Å². The number of hydrogen-bond donors (Lipinski definition) is 1. The van der Waals surface area contributed by atoms with Gasteiger partial charge in [-0.15, -0.1) is 0 Å². The summed E-state index contributed by atoms with van der Waals surface area (Å²) in [6.07, 6.45) is 5.16. The third-order valence-electron chi connectivity index (χ3n) is 9.02. The Kier molecular flexibility index (Phi) is 6.45. The van der Waals surface area contributed by atoms with Gasteiger partial charge in [-0.3, -0.25) is 4.90 Å². The molecule has 2 atom stereocenters. The molecule has 1 unspecified atom stereocenters. The van der Waals surface area contributed by atoms with Crippen LogP contribution in [-0.4, -0.2) is 36.7 Å². The number of fused-ring (bicyclic) bond motifs is 4. The summed E-state index contributed by atoms with van der Waals surface area (Å²) >= 11 is 0. The smallest absolute Gasteiger partial charge is 0.407 e. The quantitative estimate of drug-likeness (QED) is 0.521. The van der Waals surface area contributed by atoms with Gasteiger partial charge in [-0.05, 0) is 90.3 Å². The van der Waals surface area contributed by atoms with E-state index >= 15 is 0 Å². The molecule has 1 aliphatic carbocycles.